The van der Waals surface area contributed by atoms with Crippen LogP contribution in [0.3, 0.4) is 0 Å². The predicted octanol–water partition coefficient (Wildman–Crippen LogP) is 5.00. The quantitative estimate of drug-likeness (QED) is 0.727. The Morgan fingerprint density at radius 1 is 1.20 bits per heavy atom. The standard InChI is InChI=1S/C16H19ClN2O/c1-4-6-15-18-14(17)10-16(19-15)20-13-8-5-7-12(9-13)11(2)3/h5,7-11H,4,6H2,1-3H3. The van der Waals surface area contributed by atoms with Crippen LogP contribution in [0.5, 0.6) is 11.6 Å². The molecule has 0 aliphatic rings. The van der Waals surface area contributed by atoms with Crippen molar-refractivity contribution >= 4 is 11.6 Å². The highest BCUT2D eigenvalue weighted by Gasteiger charge is 2.06. The Morgan fingerprint density at radius 3 is 2.70 bits per heavy atom. The average molecular weight is 291 g/mol. The molecule has 0 spiro atoms. The molecule has 3 nitrogen and oxygen atoms in total. The van der Waals surface area contributed by atoms with Gasteiger partial charge in [0.15, 0.2) is 0 Å². The van der Waals surface area contributed by atoms with Crippen LogP contribution in [0.4, 0.5) is 0 Å². The molecule has 0 N–H and O–H groups in total. The first-order valence-corrected chi connectivity index (χ1v) is 7.27. The van der Waals surface area contributed by atoms with Crippen molar-refractivity contribution in [3.63, 3.8) is 0 Å². The van der Waals surface area contributed by atoms with Crippen molar-refractivity contribution in [2.24, 2.45) is 0 Å². The second-order valence-corrected chi connectivity index (χ2v) is 5.41. The minimum atomic E-state index is 0.415. The van der Waals surface area contributed by atoms with E-state index in [9.17, 15) is 0 Å². The van der Waals surface area contributed by atoms with Crippen LogP contribution < -0.4 is 4.74 Å². The SMILES string of the molecule is CCCc1nc(Cl)cc(Oc2cccc(C(C)C)c2)n1. The van der Waals surface area contributed by atoms with E-state index in [1.165, 1.54) is 5.56 Å². The number of benzene rings is 1. The van der Waals surface area contributed by atoms with Gasteiger partial charge in [-0.25, -0.2) is 4.98 Å². The fourth-order valence-electron chi connectivity index (χ4n) is 1.89. The van der Waals surface area contributed by atoms with Crippen molar-refractivity contribution < 1.29 is 4.74 Å². The van der Waals surface area contributed by atoms with Gasteiger partial charge in [-0.05, 0) is 30.0 Å². The summed E-state index contributed by atoms with van der Waals surface area (Å²) in [4.78, 5) is 8.56. The Morgan fingerprint density at radius 2 is 2.00 bits per heavy atom. The zero-order valence-corrected chi connectivity index (χ0v) is 12.8. The second kappa shape index (κ2) is 6.71. The van der Waals surface area contributed by atoms with Crippen LogP contribution in [-0.4, -0.2) is 9.97 Å². The monoisotopic (exact) mass is 290 g/mol. The van der Waals surface area contributed by atoms with E-state index in [1.54, 1.807) is 6.07 Å². The molecule has 0 radical (unpaired) electrons. The Bertz CT molecular complexity index is 584. The van der Waals surface area contributed by atoms with Crippen molar-refractivity contribution in [2.45, 2.75) is 39.5 Å². The Balaban J connectivity index is 2.23. The van der Waals surface area contributed by atoms with E-state index in [4.69, 9.17) is 16.3 Å². The topological polar surface area (TPSA) is 35.0 Å². The van der Waals surface area contributed by atoms with E-state index < -0.39 is 0 Å². The molecular formula is C16H19ClN2O. The van der Waals surface area contributed by atoms with E-state index >= 15 is 0 Å². The normalized spacial score (nSPS) is 10.8. The van der Waals surface area contributed by atoms with E-state index in [0.29, 0.717) is 17.0 Å². The molecule has 2 rings (SSSR count). The molecule has 1 heterocycles. The summed E-state index contributed by atoms with van der Waals surface area (Å²) in [5.41, 5.74) is 1.23. The van der Waals surface area contributed by atoms with Crippen molar-refractivity contribution in [2.75, 3.05) is 0 Å². The van der Waals surface area contributed by atoms with Crippen LogP contribution in [0.25, 0.3) is 0 Å². The molecule has 0 saturated heterocycles. The fourth-order valence-corrected chi connectivity index (χ4v) is 2.08. The minimum absolute atomic E-state index is 0.415. The molecular weight excluding hydrogens is 272 g/mol. The third-order valence-electron chi connectivity index (χ3n) is 2.94. The number of aromatic nitrogens is 2. The third-order valence-corrected chi connectivity index (χ3v) is 3.13. The minimum Gasteiger partial charge on any atom is -0.439 e. The van der Waals surface area contributed by atoms with Gasteiger partial charge in [0.1, 0.15) is 16.7 Å². The van der Waals surface area contributed by atoms with Crippen LogP contribution in [0.1, 0.15) is 44.5 Å². The van der Waals surface area contributed by atoms with Gasteiger partial charge in [0.2, 0.25) is 5.88 Å². The number of halogens is 1. The van der Waals surface area contributed by atoms with Crippen LogP contribution in [-0.2, 0) is 6.42 Å². The van der Waals surface area contributed by atoms with Gasteiger partial charge in [-0.1, -0.05) is 44.5 Å². The van der Waals surface area contributed by atoms with E-state index in [2.05, 4.69) is 36.8 Å². The highest BCUT2D eigenvalue weighted by Crippen LogP contribution is 2.25. The van der Waals surface area contributed by atoms with Gasteiger partial charge in [-0.15, -0.1) is 0 Å². The summed E-state index contributed by atoms with van der Waals surface area (Å²) in [5, 5.41) is 0.415. The molecule has 0 atom stereocenters. The summed E-state index contributed by atoms with van der Waals surface area (Å²) in [6, 6.07) is 9.66. The highest BCUT2D eigenvalue weighted by atomic mass is 35.5. The van der Waals surface area contributed by atoms with E-state index in [0.717, 1.165) is 24.4 Å². The third kappa shape index (κ3) is 3.94. The lowest BCUT2D eigenvalue weighted by Gasteiger charge is -2.10. The first kappa shape index (κ1) is 14.8. The van der Waals surface area contributed by atoms with Gasteiger partial charge >= 0.3 is 0 Å². The van der Waals surface area contributed by atoms with Gasteiger partial charge in [-0.3, -0.25) is 0 Å². The molecule has 106 valence electrons. The number of nitrogens with zero attached hydrogens (tertiary/aromatic N) is 2. The van der Waals surface area contributed by atoms with Gasteiger partial charge in [0.05, 0.1) is 0 Å². The molecule has 0 bridgehead atoms. The van der Waals surface area contributed by atoms with Gasteiger partial charge < -0.3 is 4.74 Å². The molecule has 20 heavy (non-hydrogen) atoms. The summed E-state index contributed by atoms with van der Waals surface area (Å²) in [6.07, 6.45) is 1.77. The lowest BCUT2D eigenvalue weighted by molar-refractivity contribution is 0.457. The second-order valence-electron chi connectivity index (χ2n) is 5.02. The maximum atomic E-state index is 6.00. The molecule has 2 aromatic rings. The van der Waals surface area contributed by atoms with Crippen molar-refractivity contribution in [1.82, 2.24) is 9.97 Å². The molecule has 0 aliphatic carbocycles. The summed E-state index contributed by atoms with van der Waals surface area (Å²) in [7, 11) is 0. The lowest BCUT2D eigenvalue weighted by atomic mass is 10.0. The summed E-state index contributed by atoms with van der Waals surface area (Å²) < 4.78 is 5.80. The number of ether oxygens (including phenoxy) is 1. The predicted molar refractivity (Wildman–Crippen MR) is 81.6 cm³/mol. The van der Waals surface area contributed by atoms with Crippen LogP contribution in [0.2, 0.25) is 5.15 Å². The van der Waals surface area contributed by atoms with Crippen molar-refractivity contribution in [1.29, 1.82) is 0 Å². The maximum absolute atomic E-state index is 6.00. The van der Waals surface area contributed by atoms with Crippen molar-refractivity contribution in [3.8, 4) is 11.6 Å². The highest BCUT2D eigenvalue weighted by molar-refractivity contribution is 6.29. The zero-order chi connectivity index (χ0) is 14.5. The lowest BCUT2D eigenvalue weighted by Crippen LogP contribution is -1.98. The Kier molecular flexibility index (Phi) is 4.96. The van der Waals surface area contributed by atoms with Gasteiger partial charge in [-0.2, -0.15) is 4.98 Å². The van der Waals surface area contributed by atoms with Crippen LogP contribution >= 0.6 is 11.6 Å². The molecule has 0 saturated carbocycles. The van der Waals surface area contributed by atoms with E-state index in [-0.39, 0.29) is 0 Å². The maximum Gasteiger partial charge on any atom is 0.224 e. The molecule has 1 aromatic heterocycles. The van der Waals surface area contributed by atoms with Crippen LogP contribution in [0.15, 0.2) is 30.3 Å². The molecule has 0 unspecified atom stereocenters. The number of hydrogen-bond donors (Lipinski definition) is 0. The van der Waals surface area contributed by atoms with Gasteiger partial charge in [0.25, 0.3) is 0 Å². The summed E-state index contributed by atoms with van der Waals surface area (Å²) >= 11 is 6.00. The summed E-state index contributed by atoms with van der Waals surface area (Å²) in [5.74, 6) is 2.45. The molecule has 0 amide bonds. The average Bonchev–Trinajstić information content (AvgIpc) is 2.38. The van der Waals surface area contributed by atoms with Crippen LogP contribution in [0, 0.1) is 0 Å². The van der Waals surface area contributed by atoms with E-state index in [1.807, 2.05) is 18.2 Å². The van der Waals surface area contributed by atoms with Gasteiger partial charge in [0, 0.05) is 12.5 Å². The zero-order valence-electron chi connectivity index (χ0n) is 12.1. The molecule has 4 heteroatoms. The Hall–Kier alpha value is -1.61. The fraction of sp³-hybridized carbons (Fsp3) is 0.375. The smallest absolute Gasteiger partial charge is 0.224 e. The largest absolute Gasteiger partial charge is 0.439 e. The van der Waals surface area contributed by atoms with Crippen molar-refractivity contribution in [3.05, 3.63) is 46.9 Å². The number of hydrogen-bond acceptors (Lipinski definition) is 3. The molecule has 0 aliphatic heterocycles. The first-order chi connectivity index (χ1) is 9.58. The number of rotatable bonds is 5. The summed E-state index contributed by atoms with van der Waals surface area (Å²) in [6.45, 7) is 6.39. The first-order valence-electron chi connectivity index (χ1n) is 6.89. The number of aryl methyl sites for hydroxylation is 1. The molecule has 1 aromatic carbocycles. The molecule has 0 fully saturated rings. The Labute approximate surface area is 125 Å².